The van der Waals surface area contributed by atoms with E-state index < -0.39 is 30.9 Å². The quantitative estimate of drug-likeness (QED) is 0.141. The largest absolute Gasteiger partial charge is 0.491 e. The molecular formula is C16H22N4O7S2. The standard InChI is InChI=1S/C16H22N4O7S2/c1-10-7-12(18)15(27-5-2-6-28(21,22)23)9-14(10)20-19-13-4-3-11(17)8-16(13)29(24,25)26/h3-4,7-9,19-20H,2,5-6,17-18H2,1H3,(H,21,22,23)(H,24,25,26). The number of hydrazine groups is 1. The van der Waals surface area contributed by atoms with Crippen molar-refractivity contribution in [2.24, 2.45) is 0 Å². The number of hydrogen-bond donors (Lipinski definition) is 6. The number of nitrogen functional groups attached to an aromatic ring is 2. The molecule has 0 aromatic heterocycles. The van der Waals surface area contributed by atoms with Gasteiger partial charge in [-0.15, -0.1) is 0 Å². The molecule has 0 saturated carbocycles. The highest BCUT2D eigenvalue weighted by Crippen LogP contribution is 2.30. The molecular weight excluding hydrogens is 424 g/mol. The van der Waals surface area contributed by atoms with Crippen LogP contribution in [0.2, 0.25) is 0 Å². The second-order valence-electron chi connectivity index (χ2n) is 6.17. The van der Waals surface area contributed by atoms with E-state index in [-0.39, 0.29) is 30.2 Å². The molecule has 0 unspecified atom stereocenters. The van der Waals surface area contributed by atoms with E-state index in [1.54, 1.807) is 13.0 Å². The van der Waals surface area contributed by atoms with E-state index in [4.69, 9.17) is 20.8 Å². The molecule has 0 amide bonds. The Kier molecular flexibility index (Phi) is 6.79. The molecule has 2 aromatic rings. The molecule has 0 bridgehead atoms. The smallest absolute Gasteiger partial charge is 0.296 e. The van der Waals surface area contributed by atoms with Crippen LogP contribution < -0.4 is 27.1 Å². The fraction of sp³-hybridized carbons (Fsp3) is 0.250. The first kappa shape index (κ1) is 22.5. The SMILES string of the molecule is Cc1cc(N)c(OCCCS(=O)(=O)O)cc1NNc1ccc(N)cc1S(=O)(=O)O. The molecule has 0 aliphatic rings. The maximum Gasteiger partial charge on any atom is 0.296 e. The Morgan fingerprint density at radius 1 is 1.00 bits per heavy atom. The highest BCUT2D eigenvalue weighted by atomic mass is 32.2. The second-order valence-corrected chi connectivity index (χ2v) is 9.14. The molecule has 2 rings (SSSR count). The van der Waals surface area contributed by atoms with Gasteiger partial charge in [0, 0.05) is 11.8 Å². The number of rotatable bonds is 9. The molecule has 0 aliphatic heterocycles. The van der Waals surface area contributed by atoms with Gasteiger partial charge >= 0.3 is 0 Å². The normalized spacial score (nSPS) is 11.8. The molecule has 0 radical (unpaired) electrons. The van der Waals surface area contributed by atoms with Crippen LogP contribution in [0, 0.1) is 6.92 Å². The zero-order valence-corrected chi connectivity index (χ0v) is 17.0. The monoisotopic (exact) mass is 446 g/mol. The molecule has 0 spiro atoms. The molecule has 160 valence electrons. The lowest BCUT2D eigenvalue weighted by atomic mass is 10.1. The summed E-state index contributed by atoms with van der Waals surface area (Å²) in [7, 11) is -8.58. The lowest BCUT2D eigenvalue weighted by Gasteiger charge is -2.17. The lowest BCUT2D eigenvalue weighted by molar-refractivity contribution is 0.318. The number of ether oxygens (including phenoxy) is 1. The number of hydrogen-bond acceptors (Lipinski definition) is 9. The van der Waals surface area contributed by atoms with Crippen LogP contribution in [-0.4, -0.2) is 38.3 Å². The van der Waals surface area contributed by atoms with Gasteiger partial charge in [0.15, 0.2) is 0 Å². The van der Waals surface area contributed by atoms with Crippen molar-refractivity contribution in [2.45, 2.75) is 18.2 Å². The van der Waals surface area contributed by atoms with Crippen molar-refractivity contribution < 1.29 is 30.7 Å². The number of anilines is 4. The summed E-state index contributed by atoms with van der Waals surface area (Å²) in [6.07, 6.45) is 0.0658. The summed E-state index contributed by atoms with van der Waals surface area (Å²) >= 11 is 0. The van der Waals surface area contributed by atoms with Crippen LogP contribution in [-0.2, 0) is 20.2 Å². The van der Waals surface area contributed by atoms with Gasteiger partial charge in [-0.2, -0.15) is 16.8 Å². The lowest BCUT2D eigenvalue weighted by Crippen LogP contribution is -2.14. The topological polar surface area (TPSA) is 194 Å². The summed E-state index contributed by atoms with van der Waals surface area (Å²) < 4.78 is 68.1. The van der Waals surface area contributed by atoms with Crippen molar-refractivity contribution in [3.8, 4) is 5.75 Å². The number of benzene rings is 2. The molecule has 0 fully saturated rings. The van der Waals surface area contributed by atoms with Gasteiger partial charge in [0.1, 0.15) is 10.6 Å². The van der Waals surface area contributed by atoms with Gasteiger partial charge in [0.05, 0.1) is 29.4 Å². The molecule has 0 saturated heterocycles. The second kappa shape index (κ2) is 8.73. The predicted octanol–water partition coefficient (Wildman–Crippen LogP) is 1.50. The van der Waals surface area contributed by atoms with Crippen LogP contribution in [0.3, 0.4) is 0 Å². The van der Waals surface area contributed by atoms with Gasteiger partial charge in [0.25, 0.3) is 20.2 Å². The summed E-state index contributed by atoms with van der Waals surface area (Å²) in [6, 6.07) is 7.09. The molecule has 0 atom stereocenters. The van der Waals surface area contributed by atoms with E-state index in [1.807, 2.05) is 0 Å². The van der Waals surface area contributed by atoms with Gasteiger partial charge < -0.3 is 21.6 Å². The maximum absolute atomic E-state index is 11.5. The minimum absolute atomic E-state index is 0.00475. The Labute approximate surface area is 168 Å². The van der Waals surface area contributed by atoms with Crippen LogP contribution in [0.15, 0.2) is 35.2 Å². The molecule has 0 aliphatic carbocycles. The van der Waals surface area contributed by atoms with Gasteiger partial charge in [-0.25, -0.2) is 0 Å². The van der Waals surface area contributed by atoms with E-state index in [2.05, 4.69) is 10.9 Å². The molecule has 2 aromatic carbocycles. The summed E-state index contributed by atoms with van der Waals surface area (Å²) in [6.45, 7) is 1.75. The van der Waals surface area contributed by atoms with Crippen molar-refractivity contribution in [3.63, 3.8) is 0 Å². The average molecular weight is 447 g/mol. The number of nitrogens with two attached hydrogens (primary N) is 2. The third-order valence-corrected chi connectivity index (χ3v) is 5.47. The van der Waals surface area contributed by atoms with Crippen molar-refractivity contribution in [2.75, 3.05) is 34.7 Å². The fourth-order valence-corrected chi connectivity index (χ4v) is 3.55. The van der Waals surface area contributed by atoms with Crippen molar-refractivity contribution in [1.29, 1.82) is 0 Å². The van der Waals surface area contributed by atoms with Crippen LogP contribution >= 0.6 is 0 Å². The fourth-order valence-electron chi connectivity index (χ4n) is 2.38. The van der Waals surface area contributed by atoms with Crippen molar-refractivity contribution in [3.05, 3.63) is 35.9 Å². The van der Waals surface area contributed by atoms with Gasteiger partial charge in [-0.1, -0.05) is 0 Å². The Balaban J connectivity index is 2.16. The van der Waals surface area contributed by atoms with Crippen molar-refractivity contribution >= 4 is 43.0 Å². The maximum atomic E-state index is 11.5. The third-order valence-electron chi connectivity index (χ3n) is 3.78. The first-order valence-electron chi connectivity index (χ1n) is 8.24. The summed E-state index contributed by atoms with van der Waals surface area (Å²) in [4.78, 5) is -0.403. The molecule has 8 N–H and O–H groups in total. The zero-order valence-electron chi connectivity index (χ0n) is 15.4. The summed E-state index contributed by atoms with van der Waals surface area (Å²) in [5.74, 6) is -0.177. The van der Waals surface area contributed by atoms with Crippen LogP contribution in [0.4, 0.5) is 22.7 Å². The average Bonchev–Trinajstić information content (AvgIpc) is 2.58. The minimum atomic E-state index is -4.51. The van der Waals surface area contributed by atoms with Crippen LogP contribution in [0.25, 0.3) is 0 Å². The van der Waals surface area contributed by atoms with Gasteiger partial charge in [0.2, 0.25) is 0 Å². The number of aryl methyl sites for hydroxylation is 1. The van der Waals surface area contributed by atoms with E-state index in [9.17, 15) is 21.4 Å². The first-order chi connectivity index (χ1) is 13.4. The van der Waals surface area contributed by atoms with Gasteiger partial charge in [-0.3, -0.25) is 14.5 Å². The highest BCUT2D eigenvalue weighted by molar-refractivity contribution is 7.86. The van der Waals surface area contributed by atoms with E-state index >= 15 is 0 Å². The molecule has 0 heterocycles. The van der Waals surface area contributed by atoms with E-state index in [0.29, 0.717) is 16.9 Å². The predicted molar refractivity (Wildman–Crippen MR) is 110 cm³/mol. The number of nitrogens with one attached hydrogen (secondary N) is 2. The summed E-state index contributed by atoms with van der Waals surface area (Å²) in [5, 5.41) is 0. The van der Waals surface area contributed by atoms with Crippen LogP contribution in [0.5, 0.6) is 5.75 Å². The molecule has 29 heavy (non-hydrogen) atoms. The van der Waals surface area contributed by atoms with E-state index in [1.165, 1.54) is 18.2 Å². The summed E-state index contributed by atoms with van der Waals surface area (Å²) in [5.41, 5.74) is 18.7. The van der Waals surface area contributed by atoms with Gasteiger partial charge in [-0.05, 0) is 43.2 Å². The van der Waals surface area contributed by atoms with Crippen LogP contribution in [0.1, 0.15) is 12.0 Å². The Bertz CT molecular complexity index is 1100. The third kappa shape index (κ3) is 6.67. The highest BCUT2D eigenvalue weighted by Gasteiger charge is 2.16. The Morgan fingerprint density at radius 2 is 1.66 bits per heavy atom. The Morgan fingerprint density at radius 3 is 2.28 bits per heavy atom. The zero-order chi connectivity index (χ0) is 21.8. The minimum Gasteiger partial charge on any atom is -0.491 e. The van der Waals surface area contributed by atoms with Crippen molar-refractivity contribution in [1.82, 2.24) is 0 Å². The first-order valence-corrected chi connectivity index (χ1v) is 11.3. The molecule has 13 heteroatoms. The Hall–Kier alpha value is -2.74. The molecule has 11 nitrogen and oxygen atoms in total. The van der Waals surface area contributed by atoms with E-state index in [0.717, 1.165) is 6.07 Å².